The monoisotopic (exact) mass is 386 g/mol. The van der Waals surface area contributed by atoms with E-state index >= 15 is 0 Å². The molecule has 0 saturated heterocycles. The van der Waals surface area contributed by atoms with Gasteiger partial charge in [-0.3, -0.25) is 9.59 Å². The van der Waals surface area contributed by atoms with E-state index in [-0.39, 0.29) is 40.1 Å². The highest BCUT2D eigenvalue weighted by Crippen LogP contribution is 2.64. The Morgan fingerprint density at radius 1 is 1.29 bits per heavy atom. The molecule has 28 heavy (non-hydrogen) atoms. The highest BCUT2D eigenvalue weighted by molar-refractivity contribution is 6.21. The third-order valence-electron chi connectivity index (χ3n) is 7.87. The second-order valence-electron chi connectivity index (χ2n) is 9.32. The number of fused-ring (bicyclic) bond motifs is 1. The van der Waals surface area contributed by atoms with Gasteiger partial charge < -0.3 is 9.84 Å². The average molecular weight is 387 g/mol. The van der Waals surface area contributed by atoms with E-state index in [1.165, 1.54) is 5.57 Å². The minimum Gasteiger partial charge on any atom is -0.504 e. The van der Waals surface area contributed by atoms with Crippen LogP contribution in [-0.4, -0.2) is 23.3 Å². The van der Waals surface area contributed by atoms with Crippen LogP contribution < -0.4 is 0 Å². The third kappa shape index (κ3) is 3.05. The fraction of sp³-hybridized carbons (Fsp3) is 0.667. The van der Waals surface area contributed by atoms with Crippen molar-refractivity contribution in [3.63, 3.8) is 0 Å². The molecule has 2 fully saturated rings. The Kier molecular flexibility index (Phi) is 5.62. The minimum atomic E-state index is -0.583. The maximum Gasteiger partial charge on any atom is 0.228 e. The van der Waals surface area contributed by atoms with Crippen molar-refractivity contribution in [3.8, 4) is 0 Å². The van der Waals surface area contributed by atoms with Crippen molar-refractivity contribution in [1.29, 1.82) is 0 Å². The van der Waals surface area contributed by atoms with Crippen molar-refractivity contribution in [2.24, 2.45) is 22.7 Å². The normalized spacial score (nSPS) is 36.3. The maximum atomic E-state index is 13.4. The summed E-state index contributed by atoms with van der Waals surface area (Å²) >= 11 is 0. The number of carbonyl (C=O) groups is 2. The molecule has 3 aliphatic rings. The van der Waals surface area contributed by atoms with Gasteiger partial charge in [-0.15, -0.1) is 0 Å². The predicted molar refractivity (Wildman–Crippen MR) is 110 cm³/mol. The van der Waals surface area contributed by atoms with Crippen molar-refractivity contribution in [1.82, 2.24) is 0 Å². The molecule has 4 heteroatoms. The SMILES string of the molecule is C=C1CCC[C@H]2[C@](C)(C3=C(O)C(=O)C=C(OCCCC)C3=O)[C@@H](C)CC[C@]12C. The summed E-state index contributed by atoms with van der Waals surface area (Å²) in [6.07, 6.45) is 7.93. The minimum absolute atomic E-state index is 0.0689. The summed E-state index contributed by atoms with van der Waals surface area (Å²) in [7, 11) is 0. The van der Waals surface area contributed by atoms with Crippen molar-refractivity contribution in [2.75, 3.05) is 6.61 Å². The van der Waals surface area contributed by atoms with Crippen LogP contribution in [0.3, 0.4) is 0 Å². The van der Waals surface area contributed by atoms with Crippen molar-refractivity contribution < 1.29 is 19.4 Å². The molecule has 3 aliphatic carbocycles. The number of ketones is 2. The van der Waals surface area contributed by atoms with Gasteiger partial charge in [0.15, 0.2) is 11.5 Å². The molecule has 0 spiro atoms. The van der Waals surface area contributed by atoms with Gasteiger partial charge in [0, 0.05) is 11.5 Å². The summed E-state index contributed by atoms with van der Waals surface area (Å²) < 4.78 is 5.67. The van der Waals surface area contributed by atoms with Crippen molar-refractivity contribution >= 4 is 11.6 Å². The summed E-state index contributed by atoms with van der Waals surface area (Å²) in [5.41, 5.74) is 0.859. The molecule has 4 atom stereocenters. The summed E-state index contributed by atoms with van der Waals surface area (Å²) in [5.74, 6) is -0.780. The highest BCUT2D eigenvalue weighted by Gasteiger charge is 2.58. The molecule has 2 saturated carbocycles. The molecule has 0 amide bonds. The second-order valence-corrected chi connectivity index (χ2v) is 9.32. The van der Waals surface area contributed by atoms with Crippen LogP contribution in [0.2, 0.25) is 0 Å². The standard InChI is InChI=1S/C24H34O4/c1-6-7-13-28-18-14-17(25)21(26)20(22(18)27)24(5)16(3)11-12-23(4)15(2)9-8-10-19(23)24/h14,16,19,26H,2,6-13H2,1,3-5H3/t16-,19+,23+,24+/m0/s1. The van der Waals surface area contributed by atoms with Crippen LogP contribution in [0.25, 0.3) is 0 Å². The van der Waals surface area contributed by atoms with E-state index in [1.807, 2.05) is 6.92 Å². The number of aliphatic hydroxyl groups excluding tert-OH is 1. The Labute approximate surface area is 168 Å². The molecule has 1 N–H and O–H groups in total. The molecule has 0 aliphatic heterocycles. The maximum absolute atomic E-state index is 13.4. The molecule has 154 valence electrons. The number of aliphatic hydroxyl groups is 1. The van der Waals surface area contributed by atoms with E-state index in [1.54, 1.807) is 0 Å². The van der Waals surface area contributed by atoms with Crippen LogP contribution >= 0.6 is 0 Å². The van der Waals surface area contributed by atoms with Gasteiger partial charge in [-0.25, -0.2) is 0 Å². The summed E-state index contributed by atoms with van der Waals surface area (Å²) in [4.78, 5) is 26.0. The Hall–Kier alpha value is -1.84. The number of ether oxygens (including phenoxy) is 1. The first-order chi connectivity index (χ1) is 13.2. The van der Waals surface area contributed by atoms with Gasteiger partial charge in [-0.2, -0.15) is 0 Å². The first-order valence-electron chi connectivity index (χ1n) is 10.7. The fourth-order valence-corrected chi connectivity index (χ4v) is 5.80. The van der Waals surface area contributed by atoms with E-state index in [9.17, 15) is 14.7 Å². The van der Waals surface area contributed by atoms with Gasteiger partial charge in [0.1, 0.15) is 0 Å². The second kappa shape index (κ2) is 7.53. The average Bonchev–Trinajstić information content (AvgIpc) is 2.65. The molecule has 0 bridgehead atoms. The molecule has 3 rings (SSSR count). The fourth-order valence-electron chi connectivity index (χ4n) is 5.80. The quantitative estimate of drug-likeness (QED) is 0.388. The zero-order valence-electron chi connectivity index (χ0n) is 17.8. The molecule has 0 aromatic rings. The summed E-state index contributed by atoms with van der Waals surface area (Å²) in [5, 5.41) is 10.8. The lowest BCUT2D eigenvalue weighted by molar-refractivity contribution is -0.123. The number of allylic oxidation sites excluding steroid dienone is 3. The molecule has 0 aromatic carbocycles. The van der Waals surface area contributed by atoms with Crippen LogP contribution in [-0.2, 0) is 14.3 Å². The van der Waals surface area contributed by atoms with E-state index in [4.69, 9.17) is 4.74 Å². The zero-order chi connectivity index (χ0) is 20.7. The van der Waals surface area contributed by atoms with Crippen LogP contribution in [0.15, 0.2) is 35.3 Å². The van der Waals surface area contributed by atoms with E-state index in [0.717, 1.165) is 51.0 Å². The Morgan fingerprint density at radius 3 is 2.68 bits per heavy atom. The molecule has 4 nitrogen and oxygen atoms in total. The predicted octanol–water partition coefficient (Wildman–Crippen LogP) is 5.45. The third-order valence-corrected chi connectivity index (χ3v) is 7.87. The summed E-state index contributed by atoms with van der Waals surface area (Å²) in [6.45, 7) is 13.3. The zero-order valence-corrected chi connectivity index (χ0v) is 17.8. The van der Waals surface area contributed by atoms with E-state index in [2.05, 4.69) is 27.4 Å². The van der Waals surface area contributed by atoms with Gasteiger partial charge in [-0.05, 0) is 55.8 Å². The molecule has 0 unspecified atom stereocenters. The van der Waals surface area contributed by atoms with Crippen molar-refractivity contribution in [2.45, 2.75) is 72.6 Å². The lowest BCUT2D eigenvalue weighted by Crippen LogP contribution is -2.53. The number of rotatable bonds is 5. The lowest BCUT2D eigenvalue weighted by Gasteiger charge is -2.59. The Balaban J connectivity index is 2.05. The number of hydrogen-bond acceptors (Lipinski definition) is 4. The lowest BCUT2D eigenvalue weighted by atomic mass is 9.45. The largest absolute Gasteiger partial charge is 0.504 e. The summed E-state index contributed by atoms with van der Waals surface area (Å²) in [6, 6.07) is 0. The molecule has 0 aromatic heterocycles. The smallest absolute Gasteiger partial charge is 0.228 e. The van der Waals surface area contributed by atoms with Crippen LogP contribution in [0.4, 0.5) is 0 Å². The number of hydrogen-bond donors (Lipinski definition) is 1. The van der Waals surface area contributed by atoms with Gasteiger partial charge in [0.2, 0.25) is 11.6 Å². The molecule has 0 radical (unpaired) electrons. The van der Waals surface area contributed by atoms with Gasteiger partial charge in [-0.1, -0.05) is 46.3 Å². The molecular weight excluding hydrogens is 352 g/mol. The first-order valence-corrected chi connectivity index (χ1v) is 10.7. The topological polar surface area (TPSA) is 63.6 Å². The Morgan fingerprint density at radius 2 is 2.00 bits per heavy atom. The van der Waals surface area contributed by atoms with Gasteiger partial charge in [0.05, 0.1) is 12.2 Å². The number of unbranched alkanes of at least 4 members (excludes halogenated alkanes) is 1. The van der Waals surface area contributed by atoms with Crippen LogP contribution in [0.1, 0.15) is 72.6 Å². The number of carbonyl (C=O) groups excluding carboxylic acids is 2. The van der Waals surface area contributed by atoms with Gasteiger partial charge >= 0.3 is 0 Å². The Bertz CT molecular complexity index is 759. The van der Waals surface area contributed by atoms with E-state index in [0.29, 0.717) is 6.61 Å². The van der Waals surface area contributed by atoms with Gasteiger partial charge in [0.25, 0.3) is 0 Å². The highest BCUT2D eigenvalue weighted by atomic mass is 16.5. The van der Waals surface area contributed by atoms with Crippen LogP contribution in [0.5, 0.6) is 0 Å². The number of Topliss-reactive ketones (excluding diaryl/α,β-unsaturated/α-hetero) is 1. The molecular formula is C24H34O4. The van der Waals surface area contributed by atoms with Crippen molar-refractivity contribution in [3.05, 3.63) is 35.3 Å². The molecule has 0 heterocycles. The first kappa shape index (κ1) is 20.9. The van der Waals surface area contributed by atoms with Crippen LogP contribution in [0, 0.1) is 22.7 Å². The van der Waals surface area contributed by atoms with E-state index < -0.39 is 11.2 Å².